The van der Waals surface area contributed by atoms with Crippen molar-refractivity contribution in [2.24, 2.45) is 5.41 Å². The number of hydrogen-bond acceptors (Lipinski definition) is 7. The zero-order valence-corrected chi connectivity index (χ0v) is 20.2. The third-order valence-electron chi connectivity index (χ3n) is 6.30. The minimum absolute atomic E-state index is 0.0522. The van der Waals surface area contributed by atoms with Gasteiger partial charge in [-0.05, 0) is 60.4 Å². The van der Waals surface area contributed by atoms with Gasteiger partial charge in [0.25, 0.3) is 0 Å². The number of para-hydroxylation sites is 1. The van der Waals surface area contributed by atoms with Crippen molar-refractivity contribution in [3.63, 3.8) is 0 Å². The van der Waals surface area contributed by atoms with Crippen molar-refractivity contribution < 1.29 is 43.7 Å². The van der Waals surface area contributed by atoms with Crippen LogP contribution in [0.2, 0.25) is 0 Å². The highest BCUT2D eigenvalue weighted by Crippen LogP contribution is 2.43. The van der Waals surface area contributed by atoms with Crippen molar-refractivity contribution in [3.05, 3.63) is 89.5 Å². The molecule has 1 unspecified atom stereocenters. The van der Waals surface area contributed by atoms with Gasteiger partial charge in [-0.1, -0.05) is 36.4 Å². The van der Waals surface area contributed by atoms with E-state index in [0.717, 1.165) is 0 Å². The summed E-state index contributed by atoms with van der Waals surface area (Å²) in [6.45, 7) is 1.21. The van der Waals surface area contributed by atoms with E-state index in [1.54, 1.807) is 36.4 Å². The SMILES string of the molecule is CC(=O)Oc1ccccc1C(=O)Oc1ccc(NC(=O)C2CC(C(=O)O)(C(=O)O)Cc3ccccc32)cc1. The molecule has 0 aliphatic heterocycles. The summed E-state index contributed by atoms with van der Waals surface area (Å²) in [6.07, 6.45) is -0.629. The minimum atomic E-state index is -2.13. The summed E-state index contributed by atoms with van der Waals surface area (Å²) in [5.41, 5.74) is -0.692. The predicted octanol–water partition coefficient (Wildman–Crippen LogP) is 3.66. The second kappa shape index (κ2) is 10.6. The number of benzene rings is 3. The number of hydrogen-bond donors (Lipinski definition) is 3. The Kier molecular flexibility index (Phi) is 7.24. The summed E-state index contributed by atoms with van der Waals surface area (Å²) in [7, 11) is 0. The zero-order valence-electron chi connectivity index (χ0n) is 20.2. The average molecular weight is 517 g/mol. The molecular formula is C28H23NO9. The summed E-state index contributed by atoms with van der Waals surface area (Å²) in [6, 6.07) is 18.6. The number of nitrogens with one attached hydrogen (secondary N) is 1. The number of amides is 1. The zero-order chi connectivity index (χ0) is 27.4. The number of carboxylic acid groups (broad SMARTS) is 2. The van der Waals surface area contributed by atoms with Crippen LogP contribution < -0.4 is 14.8 Å². The molecule has 10 nitrogen and oxygen atoms in total. The van der Waals surface area contributed by atoms with Gasteiger partial charge in [-0.15, -0.1) is 0 Å². The molecule has 3 aromatic rings. The highest BCUT2D eigenvalue weighted by Gasteiger charge is 2.52. The summed E-state index contributed by atoms with van der Waals surface area (Å²) >= 11 is 0. The fourth-order valence-corrected chi connectivity index (χ4v) is 4.42. The van der Waals surface area contributed by atoms with Crippen molar-refractivity contribution in [2.75, 3.05) is 5.32 Å². The number of carbonyl (C=O) groups excluding carboxylic acids is 3. The molecule has 0 bridgehead atoms. The van der Waals surface area contributed by atoms with E-state index in [-0.39, 0.29) is 23.5 Å². The van der Waals surface area contributed by atoms with Crippen molar-refractivity contribution in [3.8, 4) is 11.5 Å². The lowest BCUT2D eigenvalue weighted by molar-refractivity contribution is -0.166. The van der Waals surface area contributed by atoms with Crippen LogP contribution >= 0.6 is 0 Å². The molecule has 0 aromatic heterocycles. The molecule has 0 spiro atoms. The lowest BCUT2D eigenvalue weighted by atomic mass is 9.66. The molecule has 1 aliphatic carbocycles. The number of carboxylic acids is 2. The smallest absolute Gasteiger partial charge is 0.347 e. The van der Waals surface area contributed by atoms with Gasteiger partial charge in [0.1, 0.15) is 17.1 Å². The van der Waals surface area contributed by atoms with Crippen LogP contribution in [0.1, 0.15) is 40.7 Å². The number of aliphatic carboxylic acids is 2. The first-order chi connectivity index (χ1) is 18.1. The van der Waals surface area contributed by atoms with E-state index in [9.17, 15) is 34.2 Å². The normalized spacial score (nSPS) is 15.4. The molecule has 0 saturated carbocycles. The van der Waals surface area contributed by atoms with E-state index in [2.05, 4.69) is 5.32 Å². The van der Waals surface area contributed by atoms with Crippen molar-refractivity contribution in [1.29, 1.82) is 0 Å². The van der Waals surface area contributed by atoms with Crippen LogP contribution in [0.3, 0.4) is 0 Å². The fraction of sp³-hybridized carbons (Fsp3) is 0.179. The van der Waals surface area contributed by atoms with Crippen LogP contribution in [0, 0.1) is 5.41 Å². The minimum Gasteiger partial charge on any atom is -0.480 e. The van der Waals surface area contributed by atoms with Gasteiger partial charge in [0.05, 0.1) is 5.92 Å². The lowest BCUT2D eigenvalue weighted by Gasteiger charge is -2.35. The number of ether oxygens (including phenoxy) is 2. The molecule has 0 fully saturated rings. The van der Waals surface area contributed by atoms with E-state index in [4.69, 9.17) is 9.47 Å². The Morgan fingerprint density at radius 2 is 1.47 bits per heavy atom. The number of carbonyl (C=O) groups is 5. The van der Waals surface area contributed by atoms with E-state index < -0.39 is 47.5 Å². The molecule has 0 radical (unpaired) electrons. The molecule has 3 N–H and O–H groups in total. The summed E-state index contributed by atoms with van der Waals surface area (Å²) < 4.78 is 10.4. The molecule has 1 amide bonds. The average Bonchev–Trinajstić information content (AvgIpc) is 2.88. The second-order valence-electron chi connectivity index (χ2n) is 8.82. The van der Waals surface area contributed by atoms with E-state index in [1.807, 2.05) is 0 Å². The first-order valence-electron chi connectivity index (χ1n) is 11.6. The Labute approximate surface area is 216 Å². The maximum Gasteiger partial charge on any atom is 0.347 e. The van der Waals surface area contributed by atoms with Gasteiger partial charge in [-0.25, -0.2) is 4.79 Å². The van der Waals surface area contributed by atoms with Crippen LogP contribution in [0.25, 0.3) is 0 Å². The van der Waals surface area contributed by atoms with Gasteiger partial charge in [-0.3, -0.25) is 19.2 Å². The molecule has 0 heterocycles. The molecule has 3 aromatic carbocycles. The fourth-order valence-electron chi connectivity index (χ4n) is 4.42. The largest absolute Gasteiger partial charge is 0.480 e. The highest BCUT2D eigenvalue weighted by atomic mass is 16.5. The lowest BCUT2D eigenvalue weighted by Crippen LogP contribution is -2.47. The van der Waals surface area contributed by atoms with Crippen molar-refractivity contribution in [2.45, 2.75) is 25.7 Å². The number of fused-ring (bicyclic) bond motifs is 1. The van der Waals surface area contributed by atoms with Crippen LogP contribution in [0.4, 0.5) is 5.69 Å². The van der Waals surface area contributed by atoms with Crippen molar-refractivity contribution in [1.82, 2.24) is 0 Å². The van der Waals surface area contributed by atoms with Gasteiger partial charge in [0.2, 0.25) is 5.91 Å². The van der Waals surface area contributed by atoms with Gasteiger partial charge >= 0.3 is 23.9 Å². The van der Waals surface area contributed by atoms with Crippen LogP contribution in [-0.4, -0.2) is 40.0 Å². The molecule has 1 atom stereocenters. The molecule has 10 heteroatoms. The first kappa shape index (κ1) is 26.1. The maximum absolute atomic E-state index is 13.2. The van der Waals surface area contributed by atoms with Crippen molar-refractivity contribution >= 4 is 35.5 Å². The maximum atomic E-state index is 13.2. The second-order valence-corrected chi connectivity index (χ2v) is 8.82. The standard InChI is InChI=1S/C28H23NO9/c1-16(30)37-23-9-5-4-8-21(23)25(32)38-19-12-10-18(11-13-19)29-24(31)22-15-28(26(33)34,27(35)36)14-17-6-2-3-7-20(17)22/h2-13,22H,14-15H2,1H3,(H,29,31)(H,33,34)(H,35,36). The Balaban J connectivity index is 1.50. The monoisotopic (exact) mass is 517 g/mol. The van der Waals surface area contributed by atoms with E-state index >= 15 is 0 Å². The number of rotatable bonds is 7. The van der Waals surface area contributed by atoms with Gasteiger partial charge < -0.3 is 25.0 Å². The van der Waals surface area contributed by atoms with Crippen LogP contribution in [-0.2, 0) is 25.6 Å². The first-order valence-corrected chi connectivity index (χ1v) is 11.6. The summed E-state index contributed by atoms with van der Waals surface area (Å²) in [4.78, 5) is 61.1. The van der Waals surface area contributed by atoms with Gasteiger partial charge in [0, 0.05) is 12.6 Å². The Morgan fingerprint density at radius 3 is 2.13 bits per heavy atom. The third-order valence-corrected chi connectivity index (χ3v) is 6.30. The number of anilines is 1. The molecule has 1 aliphatic rings. The Morgan fingerprint density at radius 1 is 0.842 bits per heavy atom. The van der Waals surface area contributed by atoms with Gasteiger partial charge in [-0.2, -0.15) is 0 Å². The molecule has 4 rings (SSSR count). The van der Waals surface area contributed by atoms with E-state index in [1.165, 1.54) is 43.3 Å². The molecule has 0 saturated heterocycles. The van der Waals surface area contributed by atoms with E-state index in [0.29, 0.717) is 16.8 Å². The topological polar surface area (TPSA) is 156 Å². The number of esters is 2. The van der Waals surface area contributed by atoms with Crippen LogP contribution in [0.15, 0.2) is 72.8 Å². The van der Waals surface area contributed by atoms with Crippen LogP contribution in [0.5, 0.6) is 11.5 Å². The highest BCUT2D eigenvalue weighted by molar-refractivity contribution is 6.02. The van der Waals surface area contributed by atoms with Gasteiger partial charge in [0.15, 0.2) is 5.41 Å². The molecule has 38 heavy (non-hydrogen) atoms. The third kappa shape index (κ3) is 5.24. The Bertz CT molecular complexity index is 1410. The predicted molar refractivity (Wildman–Crippen MR) is 133 cm³/mol. The molecule has 194 valence electrons. The quantitative estimate of drug-likeness (QED) is 0.242. The summed E-state index contributed by atoms with van der Waals surface area (Å²) in [5, 5.41) is 22.2. The Hall–Kier alpha value is -4.99. The molecular weight excluding hydrogens is 494 g/mol. The summed E-state index contributed by atoms with van der Waals surface area (Å²) in [5.74, 6) is -5.71.